The number of amides is 2. The summed E-state index contributed by atoms with van der Waals surface area (Å²) in [6.07, 6.45) is 8.69. The molecule has 2 amide bonds. The molecule has 0 saturated heterocycles. The van der Waals surface area contributed by atoms with Crippen molar-refractivity contribution in [2.75, 3.05) is 13.1 Å². The SMILES string of the molecule is CC(C)(C)c1cc(C=NCCC(=O)N[C@@H](Cc2cnc[nH]2)C(=O)O)c(O)c(C=NCCC(=O)N[C@@H](Cc2cnc[nH]2)C(=O)O)c1. The lowest BCUT2D eigenvalue weighted by Gasteiger charge is -2.21. The molecule has 0 radical (unpaired) electrons. The smallest absolute Gasteiger partial charge is 0.326 e. The van der Waals surface area contributed by atoms with E-state index in [4.69, 9.17) is 0 Å². The molecule has 240 valence electrons. The van der Waals surface area contributed by atoms with Gasteiger partial charge in [-0.15, -0.1) is 0 Å². The third-order valence-electron chi connectivity index (χ3n) is 6.66. The number of aromatic amines is 2. The fourth-order valence-corrected chi connectivity index (χ4v) is 4.13. The van der Waals surface area contributed by atoms with E-state index in [1.807, 2.05) is 20.8 Å². The van der Waals surface area contributed by atoms with E-state index in [9.17, 15) is 34.5 Å². The Balaban J connectivity index is 1.60. The summed E-state index contributed by atoms with van der Waals surface area (Å²) in [6, 6.07) is 1.31. The van der Waals surface area contributed by atoms with Crippen LogP contribution in [0.2, 0.25) is 0 Å². The number of aromatic nitrogens is 4. The van der Waals surface area contributed by atoms with Crippen molar-refractivity contribution < 1.29 is 34.5 Å². The number of carbonyl (C=O) groups excluding carboxylic acids is 2. The van der Waals surface area contributed by atoms with E-state index in [0.717, 1.165) is 5.56 Å². The van der Waals surface area contributed by atoms with Crippen LogP contribution < -0.4 is 10.6 Å². The van der Waals surface area contributed by atoms with Crippen LogP contribution in [0.1, 0.15) is 61.7 Å². The van der Waals surface area contributed by atoms with E-state index in [1.54, 1.807) is 12.1 Å². The highest BCUT2D eigenvalue weighted by Crippen LogP contribution is 2.29. The number of benzene rings is 1. The van der Waals surface area contributed by atoms with Crippen LogP contribution in [-0.4, -0.2) is 96.6 Å². The number of carboxylic acids is 2. The van der Waals surface area contributed by atoms with Crippen molar-refractivity contribution in [1.82, 2.24) is 30.6 Å². The molecule has 0 aliphatic rings. The summed E-state index contributed by atoms with van der Waals surface area (Å²) in [5.41, 5.74) is 2.53. The lowest BCUT2D eigenvalue weighted by Crippen LogP contribution is -2.42. The number of rotatable bonds is 16. The minimum absolute atomic E-state index is 0.0532. The third-order valence-corrected chi connectivity index (χ3v) is 6.66. The molecule has 3 aromatic rings. The molecule has 0 fully saturated rings. The molecule has 3 rings (SSSR count). The van der Waals surface area contributed by atoms with Gasteiger partial charge in [-0.1, -0.05) is 20.8 Å². The van der Waals surface area contributed by atoms with E-state index in [2.05, 4.69) is 40.6 Å². The Bertz CT molecular complexity index is 1410. The summed E-state index contributed by atoms with van der Waals surface area (Å²) in [7, 11) is 0. The predicted molar refractivity (Wildman–Crippen MR) is 165 cm³/mol. The van der Waals surface area contributed by atoms with Gasteiger partial charge in [-0.05, 0) is 23.1 Å². The molecule has 2 aromatic heterocycles. The molecule has 0 unspecified atom stereocenters. The maximum atomic E-state index is 12.4. The van der Waals surface area contributed by atoms with E-state index in [-0.39, 0.29) is 49.9 Å². The zero-order valence-electron chi connectivity index (χ0n) is 25.3. The van der Waals surface area contributed by atoms with Gasteiger partial charge in [0.2, 0.25) is 11.8 Å². The number of carbonyl (C=O) groups is 4. The molecule has 15 nitrogen and oxygen atoms in total. The van der Waals surface area contributed by atoms with Gasteiger partial charge in [0.1, 0.15) is 17.8 Å². The molecular formula is C30H38N8O7. The average Bonchev–Trinajstić information content (AvgIpc) is 3.68. The van der Waals surface area contributed by atoms with Crippen LogP contribution >= 0.6 is 0 Å². The summed E-state index contributed by atoms with van der Waals surface area (Å²) < 4.78 is 0. The lowest BCUT2D eigenvalue weighted by molar-refractivity contribution is -0.142. The summed E-state index contributed by atoms with van der Waals surface area (Å²) in [5.74, 6) is -3.41. The highest BCUT2D eigenvalue weighted by atomic mass is 16.4. The van der Waals surface area contributed by atoms with E-state index in [0.29, 0.717) is 22.5 Å². The minimum Gasteiger partial charge on any atom is -0.507 e. The van der Waals surface area contributed by atoms with Crippen molar-refractivity contribution in [2.24, 2.45) is 9.98 Å². The summed E-state index contributed by atoms with van der Waals surface area (Å²) in [5, 5.41) is 34.7. The molecule has 0 spiro atoms. The number of carboxylic acid groups (broad SMARTS) is 2. The number of aliphatic imine (C=N–C) groups is 2. The molecule has 1 aromatic carbocycles. The number of phenolic OH excluding ortho intramolecular Hbond substituents is 1. The second-order valence-corrected chi connectivity index (χ2v) is 11.3. The highest BCUT2D eigenvalue weighted by Gasteiger charge is 2.22. The van der Waals surface area contributed by atoms with Gasteiger partial charge < -0.3 is 35.9 Å². The van der Waals surface area contributed by atoms with Crippen molar-refractivity contribution >= 4 is 36.2 Å². The first-order chi connectivity index (χ1) is 21.3. The number of hydrogen-bond acceptors (Lipinski definition) is 9. The second-order valence-electron chi connectivity index (χ2n) is 11.3. The van der Waals surface area contributed by atoms with Crippen LogP contribution in [0.3, 0.4) is 0 Å². The Labute approximate surface area is 259 Å². The molecule has 0 bridgehead atoms. The number of nitrogens with one attached hydrogen (secondary N) is 4. The monoisotopic (exact) mass is 622 g/mol. The molecular weight excluding hydrogens is 584 g/mol. The van der Waals surface area contributed by atoms with E-state index in [1.165, 1.54) is 37.5 Å². The number of nitrogens with zero attached hydrogens (tertiary/aromatic N) is 4. The zero-order valence-corrected chi connectivity index (χ0v) is 25.3. The van der Waals surface area contributed by atoms with Crippen LogP contribution in [0.5, 0.6) is 5.75 Å². The summed E-state index contributed by atoms with van der Waals surface area (Å²) in [6.45, 7) is 6.11. The third kappa shape index (κ3) is 11.0. The highest BCUT2D eigenvalue weighted by molar-refractivity contribution is 5.93. The first-order valence-electron chi connectivity index (χ1n) is 14.2. The van der Waals surface area contributed by atoms with Gasteiger partial charge in [0.25, 0.3) is 0 Å². The molecule has 2 atom stereocenters. The van der Waals surface area contributed by atoms with Gasteiger partial charge in [-0.25, -0.2) is 19.6 Å². The molecule has 0 aliphatic heterocycles. The molecule has 15 heteroatoms. The largest absolute Gasteiger partial charge is 0.507 e. The van der Waals surface area contributed by atoms with Crippen LogP contribution in [0.4, 0.5) is 0 Å². The Morgan fingerprint density at radius 1 is 0.822 bits per heavy atom. The normalized spacial score (nSPS) is 13.1. The minimum atomic E-state index is -1.17. The zero-order chi connectivity index (χ0) is 33.0. The van der Waals surface area contributed by atoms with E-state index < -0.39 is 35.8 Å². The second kappa shape index (κ2) is 15.9. The van der Waals surface area contributed by atoms with E-state index >= 15 is 0 Å². The number of aromatic hydroxyl groups is 1. The van der Waals surface area contributed by atoms with Crippen molar-refractivity contribution in [3.8, 4) is 5.75 Å². The quantitative estimate of drug-likeness (QED) is 0.114. The van der Waals surface area contributed by atoms with Gasteiger partial charge in [0.05, 0.1) is 12.7 Å². The van der Waals surface area contributed by atoms with Crippen molar-refractivity contribution in [3.63, 3.8) is 0 Å². The standard InChI is InChI=1S/C30H38N8O7/c1-30(2,3)20-8-18(12-31-6-4-25(39)37-23(28(42)43)10-21-14-33-16-35-21)27(41)19(9-20)13-32-7-5-26(40)38-24(29(44)45)11-22-15-34-17-36-22/h8-9,12-17,23-24,41H,4-7,10-11H2,1-3H3,(H,33,35)(H,34,36)(H,37,39)(H,38,40)(H,42,43)(H,44,45)/t23-,24-/m0/s1. The molecule has 7 N–H and O–H groups in total. The molecule has 2 heterocycles. The fourth-order valence-electron chi connectivity index (χ4n) is 4.13. The first kappa shape index (κ1) is 34.2. The number of aliphatic carboxylic acids is 2. The average molecular weight is 623 g/mol. The fraction of sp³-hybridized carbons (Fsp3) is 0.400. The van der Waals surface area contributed by atoms with Gasteiger partial charge in [-0.2, -0.15) is 0 Å². The molecule has 45 heavy (non-hydrogen) atoms. The summed E-state index contributed by atoms with van der Waals surface area (Å²) >= 11 is 0. The number of H-pyrrole nitrogens is 2. The van der Waals surface area contributed by atoms with Gasteiger partial charge in [0, 0.05) is 86.1 Å². The van der Waals surface area contributed by atoms with Crippen LogP contribution in [-0.2, 0) is 37.4 Å². The Morgan fingerprint density at radius 2 is 1.24 bits per heavy atom. The predicted octanol–water partition coefficient (Wildman–Crippen LogP) is 1.38. The topological polar surface area (TPSA) is 235 Å². The lowest BCUT2D eigenvalue weighted by atomic mass is 9.85. The molecule has 0 aliphatic carbocycles. The molecule has 0 saturated carbocycles. The van der Waals surface area contributed by atoms with Gasteiger partial charge in [0.15, 0.2) is 0 Å². The Hall–Kier alpha value is -5.34. The number of phenols is 1. The van der Waals surface area contributed by atoms with Gasteiger partial charge in [-0.3, -0.25) is 19.6 Å². The van der Waals surface area contributed by atoms with Crippen molar-refractivity contribution in [3.05, 3.63) is 65.3 Å². The van der Waals surface area contributed by atoms with Crippen molar-refractivity contribution in [2.45, 2.75) is 64.0 Å². The van der Waals surface area contributed by atoms with Gasteiger partial charge >= 0.3 is 11.9 Å². The Kier molecular flexibility index (Phi) is 12.1. The van der Waals surface area contributed by atoms with Crippen LogP contribution in [0.15, 0.2) is 47.2 Å². The summed E-state index contributed by atoms with van der Waals surface area (Å²) in [4.78, 5) is 69.6. The van der Waals surface area contributed by atoms with Crippen LogP contribution in [0.25, 0.3) is 0 Å². The maximum Gasteiger partial charge on any atom is 0.326 e. The van der Waals surface area contributed by atoms with Crippen LogP contribution in [0, 0.1) is 0 Å². The van der Waals surface area contributed by atoms with Crippen molar-refractivity contribution in [1.29, 1.82) is 0 Å². The number of hydrogen-bond donors (Lipinski definition) is 7. The first-order valence-corrected chi connectivity index (χ1v) is 14.2. The number of imidazole rings is 2. The maximum absolute atomic E-state index is 12.4. The Morgan fingerprint density at radius 3 is 1.58 bits per heavy atom.